The van der Waals surface area contributed by atoms with Gasteiger partial charge in [-0.1, -0.05) is 102 Å². The van der Waals surface area contributed by atoms with Crippen molar-refractivity contribution < 1.29 is 0 Å². The molecule has 1 atom stereocenters. The van der Waals surface area contributed by atoms with E-state index in [1.165, 1.54) is 127 Å². The summed E-state index contributed by atoms with van der Waals surface area (Å²) in [6.07, 6.45) is 15.8. The van der Waals surface area contributed by atoms with Crippen molar-refractivity contribution in [3.05, 3.63) is 77.8 Å². The summed E-state index contributed by atoms with van der Waals surface area (Å²) >= 11 is 9.08. The van der Waals surface area contributed by atoms with Gasteiger partial charge in [0.15, 0.2) is 0 Å². The second-order valence-electron chi connectivity index (χ2n) is 14.3. The summed E-state index contributed by atoms with van der Waals surface area (Å²) in [5.41, 5.74) is 4.56. The molecule has 0 radical (unpaired) electrons. The van der Waals surface area contributed by atoms with Crippen molar-refractivity contribution in [1.82, 2.24) is 13.8 Å². The highest BCUT2D eigenvalue weighted by molar-refractivity contribution is 14.1. The molecule has 4 aliphatic rings. The first kappa shape index (κ1) is 34.8. The number of rotatable bonds is 16. The van der Waals surface area contributed by atoms with Gasteiger partial charge in [-0.05, 0) is 93.8 Å². The summed E-state index contributed by atoms with van der Waals surface area (Å²) in [4.78, 5) is 21.9. The summed E-state index contributed by atoms with van der Waals surface area (Å²) in [5.74, 6) is 5.39. The van der Waals surface area contributed by atoms with Gasteiger partial charge in [-0.25, -0.2) is 15.0 Å². The molecule has 0 aliphatic carbocycles. The van der Waals surface area contributed by atoms with Crippen molar-refractivity contribution in [3.63, 3.8) is 0 Å². The van der Waals surface area contributed by atoms with Crippen LogP contribution in [-0.2, 0) is 0 Å². The Hall–Kier alpha value is -1.97. The van der Waals surface area contributed by atoms with E-state index in [9.17, 15) is 0 Å². The maximum atomic E-state index is 5.63. The molecule has 9 rings (SSSR count). The molecule has 6 nitrogen and oxygen atoms in total. The van der Waals surface area contributed by atoms with E-state index in [4.69, 9.17) is 15.0 Å². The number of hydrogen-bond donors (Lipinski definition) is 0. The molecular formula is C40H43BI2N6S2. The lowest BCUT2D eigenvalue weighted by Crippen LogP contribution is -2.63. The van der Waals surface area contributed by atoms with Crippen molar-refractivity contribution in [2.75, 3.05) is 11.5 Å². The Morgan fingerprint density at radius 1 is 0.667 bits per heavy atom. The van der Waals surface area contributed by atoms with Gasteiger partial charge in [-0.15, -0.1) is 23.5 Å². The standard InChI is InChI=1S/C40H43BI2N6S2/c1-3-5-7-9-11-13-21-50-31-23-27-28(24-32(31)51-22-14-12-10-8-6-4-2)38-45-36-26-18-16-20-30(43)34(26)40-46-39-33-25(17-15-19-29(33)42)35-44-37(27)47(38)41(48(35)39)49(36)40/h15-20,23-24,35H,3-14,21-22H2,1-2H3. The number of halogens is 2. The Morgan fingerprint density at radius 2 is 1.29 bits per heavy atom. The number of nitrogens with zero attached hydrogens (tertiary/aromatic N) is 6. The third kappa shape index (κ3) is 5.84. The minimum absolute atomic E-state index is 0.107. The smallest absolute Gasteiger partial charge is 0.334 e. The van der Waals surface area contributed by atoms with Crippen LogP contribution in [0.5, 0.6) is 0 Å². The predicted octanol–water partition coefficient (Wildman–Crippen LogP) is 11.4. The Kier molecular flexibility index (Phi) is 10.0. The average molecular weight is 937 g/mol. The van der Waals surface area contributed by atoms with Gasteiger partial charge in [0, 0.05) is 49.6 Å². The van der Waals surface area contributed by atoms with Gasteiger partial charge in [0.25, 0.3) is 0 Å². The van der Waals surface area contributed by atoms with Crippen LogP contribution in [0.2, 0.25) is 0 Å². The number of amidine groups is 1. The van der Waals surface area contributed by atoms with Crippen LogP contribution in [0.25, 0.3) is 21.5 Å². The number of hydrogen-bond acceptors (Lipinski definition) is 6. The molecule has 6 heterocycles. The minimum Gasteiger partial charge on any atom is -0.334 e. The maximum absolute atomic E-state index is 5.63. The van der Waals surface area contributed by atoms with Crippen molar-refractivity contribution in [2.45, 2.75) is 107 Å². The molecule has 2 aromatic heterocycles. The quantitative estimate of drug-likeness (QED) is 0.0429. The van der Waals surface area contributed by atoms with Crippen LogP contribution in [0.3, 0.4) is 0 Å². The molecule has 0 amide bonds. The molecule has 1 unspecified atom stereocenters. The molecule has 0 fully saturated rings. The molecule has 0 saturated carbocycles. The Morgan fingerprint density at radius 3 is 2.00 bits per heavy atom. The van der Waals surface area contributed by atoms with Crippen molar-refractivity contribution in [2.24, 2.45) is 15.0 Å². The lowest BCUT2D eigenvalue weighted by molar-refractivity contribution is 0.443. The van der Waals surface area contributed by atoms with Crippen molar-refractivity contribution in [3.8, 4) is 0 Å². The van der Waals surface area contributed by atoms with E-state index in [-0.39, 0.29) is 13.3 Å². The zero-order valence-corrected chi connectivity index (χ0v) is 35.4. The molecular weight excluding hydrogens is 893 g/mol. The van der Waals surface area contributed by atoms with Crippen LogP contribution in [0.1, 0.15) is 108 Å². The van der Waals surface area contributed by atoms with E-state index in [0.717, 1.165) is 40.0 Å². The second-order valence-corrected chi connectivity index (χ2v) is 18.9. The molecule has 0 bridgehead atoms. The van der Waals surface area contributed by atoms with E-state index >= 15 is 0 Å². The third-order valence-electron chi connectivity index (χ3n) is 10.9. The number of aromatic nitrogens is 2. The minimum atomic E-state index is -0.124. The summed E-state index contributed by atoms with van der Waals surface area (Å²) in [7, 11) is -0.107. The van der Waals surface area contributed by atoms with E-state index in [0.29, 0.717) is 0 Å². The van der Waals surface area contributed by atoms with E-state index in [2.05, 4.69) is 145 Å². The van der Waals surface area contributed by atoms with E-state index in [1.807, 2.05) is 0 Å². The zero-order valence-electron chi connectivity index (χ0n) is 29.4. The van der Waals surface area contributed by atoms with Gasteiger partial charge in [-0.2, -0.15) is 0 Å². The monoisotopic (exact) mass is 936 g/mol. The van der Waals surface area contributed by atoms with Crippen LogP contribution < -0.4 is 11.0 Å². The lowest BCUT2D eigenvalue weighted by Gasteiger charge is -2.39. The van der Waals surface area contributed by atoms with Crippen LogP contribution in [0.15, 0.2) is 73.3 Å². The number of aliphatic imine (C=N–C) groups is 1. The van der Waals surface area contributed by atoms with Gasteiger partial charge in [0.1, 0.15) is 34.6 Å². The predicted molar refractivity (Wildman–Crippen MR) is 233 cm³/mol. The SMILES string of the molecule is CCCCCCCCSc1cc2c3n4c(c2cc1SCCCCCCCC)=NC1c2cccc(I)c2C2=Nc5c6c(I)cccc6c(n5B4N21)N=3. The molecule has 51 heavy (non-hydrogen) atoms. The topological polar surface area (TPSA) is 50.2 Å². The first-order valence-electron chi connectivity index (χ1n) is 19.0. The fraction of sp³-hybridized carbons (Fsp3) is 0.425. The number of thioether (sulfide) groups is 2. The summed E-state index contributed by atoms with van der Waals surface area (Å²) in [5, 5.41) is 4.83. The van der Waals surface area contributed by atoms with Crippen molar-refractivity contribution >= 4 is 115 Å². The van der Waals surface area contributed by atoms with Crippen LogP contribution in [0, 0.1) is 7.14 Å². The summed E-state index contributed by atoms with van der Waals surface area (Å²) < 4.78 is 7.27. The maximum Gasteiger partial charge on any atom is 0.522 e. The molecule has 0 spiro atoms. The fourth-order valence-corrected chi connectivity index (χ4v) is 12.2. The number of fused-ring (bicyclic) bond motifs is 9. The van der Waals surface area contributed by atoms with E-state index < -0.39 is 0 Å². The van der Waals surface area contributed by atoms with Gasteiger partial charge < -0.3 is 13.8 Å². The highest BCUT2D eigenvalue weighted by Gasteiger charge is 2.53. The molecule has 11 heteroatoms. The molecule has 5 aromatic rings. The summed E-state index contributed by atoms with van der Waals surface area (Å²) in [6.45, 7) is 4.60. The largest absolute Gasteiger partial charge is 0.522 e. The van der Waals surface area contributed by atoms with Gasteiger partial charge in [0.05, 0.1) is 0 Å². The molecule has 3 aromatic carbocycles. The Balaban J connectivity index is 1.19. The second kappa shape index (κ2) is 14.7. The van der Waals surface area contributed by atoms with Gasteiger partial charge in [-0.3, -0.25) is 0 Å². The van der Waals surface area contributed by atoms with Gasteiger partial charge >= 0.3 is 7.12 Å². The fourth-order valence-electron chi connectivity index (χ4n) is 8.39. The normalized spacial score (nSPS) is 16.1. The van der Waals surface area contributed by atoms with Crippen LogP contribution >= 0.6 is 68.7 Å². The Labute approximate surface area is 336 Å². The average Bonchev–Trinajstić information content (AvgIpc) is 3.76. The summed E-state index contributed by atoms with van der Waals surface area (Å²) in [6, 6.07) is 18.2. The lowest BCUT2D eigenvalue weighted by atomic mass is 9.85. The first-order chi connectivity index (χ1) is 25.1. The molecule has 4 aliphatic heterocycles. The van der Waals surface area contributed by atoms with Crippen LogP contribution in [-0.4, -0.2) is 38.2 Å². The highest BCUT2D eigenvalue weighted by atomic mass is 127. The highest BCUT2D eigenvalue weighted by Crippen LogP contribution is 2.50. The third-order valence-corrected chi connectivity index (χ3v) is 15.1. The number of unbranched alkanes of at least 4 members (excludes halogenated alkanes) is 10. The van der Waals surface area contributed by atoms with E-state index in [1.54, 1.807) is 0 Å². The zero-order chi connectivity index (χ0) is 34.6. The molecule has 0 saturated heterocycles. The first-order valence-corrected chi connectivity index (χ1v) is 23.1. The molecule has 262 valence electrons. The Bertz CT molecular complexity index is 2330. The van der Waals surface area contributed by atoms with Gasteiger partial charge in [0.2, 0.25) is 0 Å². The number of benzene rings is 3. The van der Waals surface area contributed by atoms with Crippen LogP contribution in [0.4, 0.5) is 11.6 Å². The van der Waals surface area contributed by atoms with Crippen molar-refractivity contribution in [1.29, 1.82) is 0 Å². The molecule has 0 N–H and O–H groups in total.